The third-order valence-electron chi connectivity index (χ3n) is 4.75. The van der Waals surface area contributed by atoms with Gasteiger partial charge in [-0.25, -0.2) is 4.39 Å². The number of aromatic nitrogens is 3. The first-order valence-corrected chi connectivity index (χ1v) is 10.4. The van der Waals surface area contributed by atoms with E-state index in [9.17, 15) is 9.18 Å². The smallest absolute Gasteiger partial charge is 0.233 e. The van der Waals surface area contributed by atoms with Crippen LogP contribution in [0.4, 0.5) is 4.39 Å². The van der Waals surface area contributed by atoms with E-state index >= 15 is 0 Å². The van der Waals surface area contributed by atoms with Gasteiger partial charge >= 0.3 is 0 Å². The topological polar surface area (TPSA) is 59.8 Å². The standard InChI is InChI=1S/C22H25FN4OS/c1-5-22(3,4)24-20(28)15(2)29-21-26-25-19(16-11-13-17(23)14-12-16)27(21)18-9-7-6-8-10-18/h6-15H,5H2,1-4H3,(H,24,28). The normalized spacial score (nSPS) is 12.6. The molecule has 1 N–H and O–H groups in total. The van der Waals surface area contributed by atoms with Crippen molar-refractivity contribution in [2.24, 2.45) is 0 Å². The fraction of sp³-hybridized carbons (Fsp3) is 0.318. The lowest BCUT2D eigenvalue weighted by Gasteiger charge is -2.26. The Morgan fingerprint density at radius 3 is 2.41 bits per heavy atom. The largest absolute Gasteiger partial charge is 0.350 e. The van der Waals surface area contributed by atoms with Crippen LogP contribution in [0.25, 0.3) is 17.1 Å². The van der Waals surface area contributed by atoms with Crippen LogP contribution in [0.3, 0.4) is 0 Å². The molecule has 0 spiro atoms. The zero-order chi connectivity index (χ0) is 21.0. The van der Waals surface area contributed by atoms with Crippen LogP contribution in [-0.4, -0.2) is 31.5 Å². The minimum atomic E-state index is -0.353. The van der Waals surface area contributed by atoms with E-state index in [0.717, 1.165) is 17.7 Å². The number of carbonyl (C=O) groups is 1. The SMILES string of the molecule is CCC(C)(C)NC(=O)C(C)Sc1nnc(-c2ccc(F)cc2)n1-c1ccccc1. The number of thioether (sulfide) groups is 1. The first-order chi connectivity index (χ1) is 13.8. The Hall–Kier alpha value is -2.67. The van der Waals surface area contributed by atoms with Crippen LogP contribution >= 0.6 is 11.8 Å². The van der Waals surface area contributed by atoms with Gasteiger partial charge in [0.05, 0.1) is 5.25 Å². The molecule has 0 saturated carbocycles. The van der Waals surface area contributed by atoms with E-state index in [2.05, 4.69) is 15.5 Å². The second-order valence-corrected chi connectivity index (χ2v) is 8.78. The van der Waals surface area contributed by atoms with Crippen molar-refractivity contribution < 1.29 is 9.18 Å². The van der Waals surface area contributed by atoms with Crippen molar-refractivity contribution in [3.05, 3.63) is 60.4 Å². The van der Waals surface area contributed by atoms with E-state index in [1.165, 1.54) is 23.9 Å². The molecule has 0 saturated heterocycles. The highest BCUT2D eigenvalue weighted by atomic mass is 32.2. The molecule has 29 heavy (non-hydrogen) atoms. The number of amides is 1. The zero-order valence-electron chi connectivity index (χ0n) is 17.0. The molecule has 152 valence electrons. The van der Waals surface area contributed by atoms with Gasteiger partial charge in [-0.2, -0.15) is 0 Å². The van der Waals surface area contributed by atoms with Gasteiger partial charge in [0, 0.05) is 16.8 Å². The molecule has 1 unspecified atom stereocenters. The molecule has 1 aromatic heterocycles. The lowest BCUT2D eigenvalue weighted by atomic mass is 10.0. The summed E-state index contributed by atoms with van der Waals surface area (Å²) in [6.07, 6.45) is 0.838. The van der Waals surface area contributed by atoms with Gasteiger partial charge < -0.3 is 5.32 Å². The molecule has 1 amide bonds. The van der Waals surface area contributed by atoms with Gasteiger partial charge in [0.1, 0.15) is 5.82 Å². The lowest BCUT2D eigenvalue weighted by molar-refractivity contribution is -0.121. The van der Waals surface area contributed by atoms with Crippen molar-refractivity contribution in [2.45, 2.75) is 50.1 Å². The highest BCUT2D eigenvalue weighted by molar-refractivity contribution is 8.00. The van der Waals surface area contributed by atoms with Crippen LogP contribution in [0.1, 0.15) is 34.1 Å². The number of nitrogens with zero attached hydrogens (tertiary/aromatic N) is 3. The molecule has 7 heteroatoms. The van der Waals surface area contributed by atoms with Crippen LogP contribution in [0.2, 0.25) is 0 Å². The molecule has 3 rings (SSSR count). The van der Waals surface area contributed by atoms with Gasteiger partial charge in [-0.1, -0.05) is 36.9 Å². The number of nitrogens with one attached hydrogen (secondary N) is 1. The molecule has 0 aliphatic carbocycles. The fourth-order valence-corrected chi connectivity index (χ4v) is 3.54. The summed E-state index contributed by atoms with van der Waals surface area (Å²) < 4.78 is 15.3. The predicted molar refractivity (Wildman–Crippen MR) is 115 cm³/mol. The van der Waals surface area contributed by atoms with E-state index < -0.39 is 0 Å². The van der Waals surface area contributed by atoms with Crippen LogP contribution in [-0.2, 0) is 4.79 Å². The van der Waals surface area contributed by atoms with E-state index in [0.29, 0.717) is 11.0 Å². The Morgan fingerprint density at radius 1 is 1.14 bits per heavy atom. The highest BCUT2D eigenvalue weighted by Gasteiger charge is 2.25. The Morgan fingerprint density at radius 2 is 1.79 bits per heavy atom. The van der Waals surface area contributed by atoms with E-state index in [4.69, 9.17) is 0 Å². The second kappa shape index (κ2) is 8.78. The monoisotopic (exact) mass is 412 g/mol. The number of carbonyl (C=O) groups excluding carboxylic acids is 1. The fourth-order valence-electron chi connectivity index (χ4n) is 2.68. The van der Waals surface area contributed by atoms with Crippen molar-refractivity contribution in [2.75, 3.05) is 0 Å². The molecule has 3 aromatic rings. The maximum Gasteiger partial charge on any atom is 0.233 e. The molecule has 0 fully saturated rings. The lowest BCUT2D eigenvalue weighted by Crippen LogP contribution is -2.46. The quantitative estimate of drug-likeness (QED) is 0.563. The van der Waals surface area contributed by atoms with Gasteiger partial charge in [-0.15, -0.1) is 10.2 Å². The molecule has 2 aromatic carbocycles. The van der Waals surface area contributed by atoms with Gasteiger partial charge in [-0.3, -0.25) is 9.36 Å². The third-order valence-corrected chi connectivity index (χ3v) is 5.79. The summed E-state index contributed by atoms with van der Waals surface area (Å²) in [6, 6.07) is 15.8. The maximum atomic E-state index is 13.4. The number of benzene rings is 2. The number of rotatable bonds is 7. The average Bonchev–Trinajstić information content (AvgIpc) is 3.12. The van der Waals surface area contributed by atoms with Crippen LogP contribution < -0.4 is 5.32 Å². The number of hydrogen-bond donors (Lipinski definition) is 1. The van der Waals surface area contributed by atoms with Gasteiger partial charge in [0.15, 0.2) is 11.0 Å². The Kier molecular flexibility index (Phi) is 6.37. The minimum Gasteiger partial charge on any atom is -0.350 e. The van der Waals surface area contributed by atoms with Crippen molar-refractivity contribution in [3.8, 4) is 17.1 Å². The first-order valence-electron chi connectivity index (χ1n) is 9.56. The Balaban J connectivity index is 1.95. The molecule has 1 atom stereocenters. The second-order valence-electron chi connectivity index (χ2n) is 7.47. The van der Waals surface area contributed by atoms with Crippen molar-refractivity contribution in [3.63, 3.8) is 0 Å². The van der Waals surface area contributed by atoms with Crippen LogP contribution in [0.5, 0.6) is 0 Å². The third kappa shape index (κ3) is 5.03. The summed E-state index contributed by atoms with van der Waals surface area (Å²) >= 11 is 1.35. The summed E-state index contributed by atoms with van der Waals surface area (Å²) in [5.41, 5.74) is 1.36. The average molecular weight is 413 g/mol. The Labute approximate surface area is 174 Å². The van der Waals surface area contributed by atoms with E-state index in [1.807, 2.05) is 62.6 Å². The van der Waals surface area contributed by atoms with Crippen molar-refractivity contribution >= 4 is 17.7 Å². The molecule has 0 aliphatic heterocycles. The zero-order valence-corrected chi connectivity index (χ0v) is 17.8. The molecular formula is C22H25FN4OS. The van der Waals surface area contributed by atoms with Crippen LogP contribution in [0.15, 0.2) is 59.8 Å². The number of hydrogen-bond acceptors (Lipinski definition) is 4. The van der Waals surface area contributed by atoms with Gasteiger partial charge in [0.2, 0.25) is 5.91 Å². The maximum absolute atomic E-state index is 13.4. The molecule has 0 radical (unpaired) electrons. The molecule has 0 bridgehead atoms. The molecule has 5 nitrogen and oxygen atoms in total. The summed E-state index contributed by atoms with van der Waals surface area (Å²) in [5.74, 6) is 0.242. The summed E-state index contributed by atoms with van der Waals surface area (Å²) in [7, 11) is 0. The van der Waals surface area contributed by atoms with Crippen molar-refractivity contribution in [1.82, 2.24) is 20.1 Å². The summed E-state index contributed by atoms with van der Waals surface area (Å²) in [4.78, 5) is 12.7. The minimum absolute atomic E-state index is 0.0483. The van der Waals surface area contributed by atoms with E-state index in [-0.39, 0.29) is 22.5 Å². The Bertz CT molecular complexity index is 970. The van der Waals surface area contributed by atoms with Gasteiger partial charge in [-0.05, 0) is 63.6 Å². The first kappa shape index (κ1) is 21.0. The highest BCUT2D eigenvalue weighted by Crippen LogP contribution is 2.30. The summed E-state index contributed by atoms with van der Waals surface area (Å²) in [5, 5.41) is 12.0. The predicted octanol–water partition coefficient (Wildman–Crippen LogP) is 4.86. The molecule has 0 aliphatic rings. The molecule has 1 heterocycles. The van der Waals surface area contributed by atoms with Crippen molar-refractivity contribution in [1.29, 1.82) is 0 Å². The number of para-hydroxylation sites is 1. The molecular weight excluding hydrogens is 387 g/mol. The van der Waals surface area contributed by atoms with Crippen LogP contribution in [0, 0.1) is 5.82 Å². The van der Waals surface area contributed by atoms with E-state index in [1.54, 1.807) is 12.1 Å². The number of halogens is 1. The van der Waals surface area contributed by atoms with Gasteiger partial charge in [0.25, 0.3) is 0 Å². The summed E-state index contributed by atoms with van der Waals surface area (Å²) in [6.45, 7) is 7.90.